The highest BCUT2D eigenvalue weighted by atomic mass is 79.9. The third-order valence-electron chi connectivity index (χ3n) is 2.66. The predicted octanol–water partition coefficient (Wildman–Crippen LogP) is 2.61. The minimum absolute atomic E-state index is 0.0185. The molecule has 4 heteroatoms. The van der Waals surface area contributed by atoms with Gasteiger partial charge in [-0.25, -0.2) is 0 Å². The molecule has 2 atom stereocenters. The molecule has 0 saturated heterocycles. The van der Waals surface area contributed by atoms with E-state index in [-0.39, 0.29) is 17.9 Å². The van der Waals surface area contributed by atoms with Gasteiger partial charge >= 0.3 is 0 Å². The molecular formula is C13H19BrN2O. The molecule has 17 heavy (non-hydrogen) atoms. The maximum absolute atomic E-state index is 11.7. The van der Waals surface area contributed by atoms with Crippen molar-refractivity contribution < 1.29 is 4.79 Å². The van der Waals surface area contributed by atoms with Crippen LogP contribution in [0.3, 0.4) is 0 Å². The molecule has 0 aliphatic rings. The van der Waals surface area contributed by atoms with Crippen LogP contribution >= 0.6 is 15.9 Å². The lowest BCUT2D eigenvalue weighted by Gasteiger charge is -2.16. The van der Waals surface area contributed by atoms with E-state index in [9.17, 15) is 4.79 Å². The first-order valence-corrected chi connectivity index (χ1v) is 6.57. The van der Waals surface area contributed by atoms with E-state index >= 15 is 0 Å². The molecule has 3 N–H and O–H groups in total. The summed E-state index contributed by atoms with van der Waals surface area (Å²) in [6, 6.07) is 7.96. The summed E-state index contributed by atoms with van der Waals surface area (Å²) in [6.07, 6.45) is 0.481. The van der Waals surface area contributed by atoms with E-state index in [2.05, 4.69) is 21.2 Å². The molecular weight excluding hydrogens is 280 g/mol. The van der Waals surface area contributed by atoms with Crippen molar-refractivity contribution in [3.8, 4) is 0 Å². The quantitative estimate of drug-likeness (QED) is 0.878. The largest absolute Gasteiger partial charge is 0.350 e. The van der Waals surface area contributed by atoms with Crippen molar-refractivity contribution in [3.05, 3.63) is 34.3 Å². The Balaban J connectivity index is 2.54. The molecule has 0 saturated carbocycles. The zero-order valence-electron chi connectivity index (χ0n) is 10.2. The average molecular weight is 299 g/mol. The number of hydrogen-bond donors (Lipinski definition) is 2. The average Bonchev–Trinajstić information content (AvgIpc) is 2.28. The summed E-state index contributed by atoms with van der Waals surface area (Å²) < 4.78 is 1.02. The van der Waals surface area contributed by atoms with Gasteiger partial charge in [0.2, 0.25) is 5.91 Å². The van der Waals surface area contributed by atoms with E-state index in [0.29, 0.717) is 13.0 Å². The first-order chi connectivity index (χ1) is 8.02. The highest BCUT2D eigenvalue weighted by Crippen LogP contribution is 2.18. The Labute approximate surface area is 111 Å². The van der Waals surface area contributed by atoms with Gasteiger partial charge in [0.25, 0.3) is 0 Å². The van der Waals surface area contributed by atoms with Crippen molar-refractivity contribution in [2.24, 2.45) is 11.7 Å². The second-order valence-corrected chi connectivity index (χ2v) is 5.30. The molecule has 0 spiro atoms. The molecule has 0 bridgehead atoms. The minimum atomic E-state index is 0.0185. The fourth-order valence-corrected chi connectivity index (χ4v) is 1.98. The standard InChI is InChI=1S/C13H19BrN2O/c1-9(8-15)6-13(17)16-10(2)11-4-3-5-12(14)7-11/h3-5,7,9-10H,6,8,15H2,1-2H3,(H,16,17)/t9?,10-/m0/s1. The van der Waals surface area contributed by atoms with E-state index in [4.69, 9.17) is 5.73 Å². The topological polar surface area (TPSA) is 55.1 Å². The number of carbonyl (C=O) groups is 1. The van der Waals surface area contributed by atoms with Gasteiger partial charge in [-0.2, -0.15) is 0 Å². The van der Waals surface area contributed by atoms with Gasteiger partial charge in [-0.1, -0.05) is 35.0 Å². The monoisotopic (exact) mass is 298 g/mol. The van der Waals surface area contributed by atoms with Crippen LogP contribution in [0.5, 0.6) is 0 Å². The molecule has 0 aliphatic carbocycles. The van der Waals surface area contributed by atoms with Crippen LogP contribution in [0.4, 0.5) is 0 Å². The summed E-state index contributed by atoms with van der Waals surface area (Å²) in [6.45, 7) is 4.49. The molecule has 0 heterocycles. The van der Waals surface area contributed by atoms with Crippen molar-refractivity contribution >= 4 is 21.8 Å². The fourth-order valence-electron chi connectivity index (χ4n) is 1.56. The van der Waals surface area contributed by atoms with E-state index in [0.717, 1.165) is 10.0 Å². The molecule has 1 amide bonds. The first-order valence-electron chi connectivity index (χ1n) is 5.77. The smallest absolute Gasteiger partial charge is 0.220 e. The van der Waals surface area contributed by atoms with Crippen LogP contribution in [-0.2, 0) is 4.79 Å². The summed E-state index contributed by atoms with van der Waals surface area (Å²) >= 11 is 3.42. The lowest BCUT2D eigenvalue weighted by atomic mass is 10.1. The van der Waals surface area contributed by atoms with Gasteiger partial charge in [0.15, 0.2) is 0 Å². The molecule has 1 rings (SSSR count). The summed E-state index contributed by atoms with van der Waals surface area (Å²) in [5.74, 6) is 0.278. The summed E-state index contributed by atoms with van der Waals surface area (Å²) in [5, 5.41) is 2.97. The number of hydrogen-bond acceptors (Lipinski definition) is 2. The normalized spacial score (nSPS) is 14.1. The number of halogens is 1. The Morgan fingerprint density at radius 2 is 2.18 bits per heavy atom. The highest BCUT2D eigenvalue weighted by Gasteiger charge is 2.12. The summed E-state index contributed by atoms with van der Waals surface area (Å²) in [5.41, 5.74) is 6.59. The van der Waals surface area contributed by atoms with Gasteiger partial charge in [-0.05, 0) is 37.1 Å². The Morgan fingerprint density at radius 3 is 2.76 bits per heavy atom. The van der Waals surface area contributed by atoms with Crippen LogP contribution in [0.2, 0.25) is 0 Å². The van der Waals surface area contributed by atoms with E-state index < -0.39 is 0 Å². The van der Waals surface area contributed by atoms with Crippen LogP contribution < -0.4 is 11.1 Å². The van der Waals surface area contributed by atoms with E-state index in [1.807, 2.05) is 38.1 Å². The number of rotatable bonds is 5. The van der Waals surface area contributed by atoms with Crippen LogP contribution in [0, 0.1) is 5.92 Å². The molecule has 0 fully saturated rings. The third kappa shape index (κ3) is 4.88. The molecule has 0 aromatic heterocycles. The van der Waals surface area contributed by atoms with Crippen molar-refractivity contribution in [3.63, 3.8) is 0 Å². The van der Waals surface area contributed by atoms with E-state index in [1.165, 1.54) is 0 Å². The molecule has 1 unspecified atom stereocenters. The lowest BCUT2D eigenvalue weighted by Crippen LogP contribution is -2.29. The molecule has 1 aromatic rings. The number of amides is 1. The van der Waals surface area contributed by atoms with Crippen LogP contribution in [0.25, 0.3) is 0 Å². The third-order valence-corrected chi connectivity index (χ3v) is 3.16. The van der Waals surface area contributed by atoms with Crippen molar-refractivity contribution in [2.45, 2.75) is 26.3 Å². The van der Waals surface area contributed by atoms with Crippen molar-refractivity contribution in [1.29, 1.82) is 0 Å². The summed E-state index contributed by atoms with van der Waals surface area (Å²) in [7, 11) is 0. The van der Waals surface area contributed by atoms with Gasteiger partial charge in [-0.15, -0.1) is 0 Å². The van der Waals surface area contributed by atoms with Crippen LogP contribution in [0.1, 0.15) is 31.9 Å². The first kappa shape index (κ1) is 14.2. The zero-order valence-corrected chi connectivity index (χ0v) is 11.8. The Morgan fingerprint density at radius 1 is 1.47 bits per heavy atom. The Hall–Kier alpha value is -0.870. The van der Waals surface area contributed by atoms with Gasteiger partial charge in [0.05, 0.1) is 6.04 Å². The second-order valence-electron chi connectivity index (χ2n) is 4.39. The fraction of sp³-hybridized carbons (Fsp3) is 0.462. The van der Waals surface area contributed by atoms with Gasteiger partial charge in [0, 0.05) is 10.9 Å². The lowest BCUT2D eigenvalue weighted by molar-refractivity contribution is -0.122. The second kappa shape index (κ2) is 6.77. The zero-order chi connectivity index (χ0) is 12.8. The molecule has 0 aliphatic heterocycles. The minimum Gasteiger partial charge on any atom is -0.350 e. The van der Waals surface area contributed by atoms with Crippen LogP contribution in [0.15, 0.2) is 28.7 Å². The van der Waals surface area contributed by atoms with Crippen LogP contribution in [-0.4, -0.2) is 12.5 Å². The number of nitrogens with two attached hydrogens (primary N) is 1. The summed E-state index contributed by atoms with van der Waals surface area (Å²) in [4.78, 5) is 11.7. The molecule has 3 nitrogen and oxygen atoms in total. The Bertz CT molecular complexity index is 381. The maximum atomic E-state index is 11.7. The Kier molecular flexibility index (Phi) is 5.65. The molecule has 1 aromatic carbocycles. The number of nitrogens with one attached hydrogen (secondary N) is 1. The highest BCUT2D eigenvalue weighted by molar-refractivity contribution is 9.10. The molecule has 94 valence electrons. The maximum Gasteiger partial charge on any atom is 0.220 e. The van der Waals surface area contributed by atoms with Crippen molar-refractivity contribution in [1.82, 2.24) is 5.32 Å². The number of carbonyl (C=O) groups excluding carboxylic acids is 1. The van der Waals surface area contributed by atoms with E-state index in [1.54, 1.807) is 0 Å². The molecule has 0 radical (unpaired) electrons. The van der Waals surface area contributed by atoms with Gasteiger partial charge < -0.3 is 11.1 Å². The van der Waals surface area contributed by atoms with Gasteiger partial charge in [0.1, 0.15) is 0 Å². The number of benzene rings is 1. The van der Waals surface area contributed by atoms with Gasteiger partial charge in [-0.3, -0.25) is 4.79 Å². The SMILES string of the molecule is CC(CN)CC(=O)N[C@@H](C)c1cccc(Br)c1. The van der Waals surface area contributed by atoms with Crippen molar-refractivity contribution in [2.75, 3.05) is 6.54 Å². The predicted molar refractivity (Wildman–Crippen MR) is 73.5 cm³/mol.